The smallest absolute Gasteiger partial charge is 0.390 e. The molecule has 0 aliphatic rings. The molecule has 1 unspecified atom stereocenters. The van der Waals surface area contributed by atoms with Crippen molar-refractivity contribution in [2.75, 3.05) is 14.2 Å². The van der Waals surface area contributed by atoms with Gasteiger partial charge >= 0.3 is 6.18 Å². The molecule has 0 aliphatic heterocycles. The van der Waals surface area contributed by atoms with Gasteiger partial charge in [-0.1, -0.05) is 15.9 Å². The molecule has 0 fully saturated rings. The van der Waals surface area contributed by atoms with E-state index in [1.165, 1.54) is 20.3 Å². The van der Waals surface area contributed by atoms with Crippen LogP contribution in [0.15, 0.2) is 16.6 Å². The molecule has 1 aromatic rings. The summed E-state index contributed by atoms with van der Waals surface area (Å²) < 4.78 is 47.9. The molecule has 0 spiro atoms. The Hall–Kier alpha value is -0.430. The highest BCUT2D eigenvalue weighted by atomic mass is 79.9. The first-order valence-corrected chi connectivity index (χ1v) is 6.61. The summed E-state index contributed by atoms with van der Waals surface area (Å²) in [5, 5.41) is 0. The minimum atomic E-state index is -4.25. The predicted molar refractivity (Wildman–Crippen MR) is 69.6 cm³/mol. The standard InChI is InChI=1S/C11H11Br2F3O2/c1-17-9-4-7(12)10(18-2)3-6(9)8(13)5-11(14,15)16/h3-4,8H,5H2,1-2H3. The lowest BCUT2D eigenvalue weighted by Gasteiger charge is -2.17. The van der Waals surface area contributed by atoms with E-state index in [-0.39, 0.29) is 0 Å². The van der Waals surface area contributed by atoms with Gasteiger partial charge in [-0.3, -0.25) is 0 Å². The number of hydrogen-bond acceptors (Lipinski definition) is 2. The predicted octanol–water partition coefficient (Wildman–Crippen LogP) is 4.85. The van der Waals surface area contributed by atoms with Crippen molar-refractivity contribution in [1.29, 1.82) is 0 Å². The van der Waals surface area contributed by atoms with Crippen LogP contribution >= 0.6 is 31.9 Å². The van der Waals surface area contributed by atoms with Gasteiger partial charge in [0.2, 0.25) is 0 Å². The fourth-order valence-electron chi connectivity index (χ4n) is 1.44. The number of hydrogen-bond donors (Lipinski definition) is 0. The molecular weight excluding hydrogens is 381 g/mol. The monoisotopic (exact) mass is 390 g/mol. The number of benzene rings is 1. The molecule has 102 valence electrons. The molecule has 1 rings (SSSR count). The topological polar surface area (TPSA) is 18.5 Å². The summed E-state index contributed by atoms with van der Waals surface area (Å²) in [7, 11) is 2.86. The summed E-state index contributed by atoms with van der Waals surface area (Å²) in [5.74, 6) is 0.825. The van der Waals surface area contributed by atoms with E-state index in [9.17, 15) is 13.2 Å². The lowest BCUT2D eigenvalue weighted by atomic mass is 10.1. The van der Waals surface area contributed by atoms with Gasteiger partial charge in [0.15, 0.2) is 0 Å². The zero-order valence-electron chi connectivity index (χ0n) is 9.65. The average molecular weight is 392 g/mol. The van der Waals surface area contributed by atoms with Crippen molar-refractivity contribution in [3.63, 3.8) is 0 Å². The number of methoxy groups -OCH3 is 2. The molecular formula is C11H11Br2F3O2. The lowest BCUT2D eigenvalue weighted by Crippen LogP contribution is -2.11. The van der Waals surface area contributed by atoms with Crippen molar-refractivity contribution in [2.45, 2.75) is 17.4 Å². The van der Waals surface area contributed by atoms with Gasteiger partial charge in [0.05, 0.1) is 29.9 Å². The molecule has 2 nitrogen and oxygen atoms in total. The maximum Gasteiger partial charge on any atom is 0.390 e. The van der Waals surface area contributed by atoms with Crippen LogP contribution in [0.25, 0.3) is 0 Å². The third-order valence-electron chi connectivity index (χ3n) is 2.25. The Labute approximate surface area is 120 Å². The molecule has 0 saturated heterocycles. The van der Waals surface area contributed by atoms with E-state index < -0.39 is 17.4 Å². The summed E-state index contributed by atoms with van der Waals surface area (Å²) in [6.45, 7) is 0. The Kier molecular flexibility index (Phi) is 5.33. The quantitative estimate of drug-likeness (QED) is 0.682. The molecule has 0 aliphatic carbocycles. The van der Waals surface area contributed by atoms with Crippen LogP contribution in [0.3, 0.4) is 0 Å². The summed E-state index contributed by atoms with van der Waals surface area (Å²) >= 11 is 6.28. The van der Waals surface area contributed by atoms with E-state index in [0.717, 1.165) is 0 Å². The second-order valence-electron chi connectivity index (χ2n) is 3.52. The number of halogens is 5. The Bertz CT molecular complexity index is 421. The van der Waals surface area contributed by atoms with Gasteiger partial charge in [0, 0.05) is 5.56 Å². The average Bonchev–Trinajstić information content (AvgIpc) is 2.26. The molecule has 1 aromatic carbocycles. The van der Waals surface area contributed by atoms with Crippen LogP contribution in [0.2, 0.25) is 0 Å². The summed E-state index contributed by atoms with van der Waals surface area (Å²) in [6, 6.07) is 3.10. The fraction of sp³-hybridized carbons (Fsp3) is 0.455. The summed E-state index contributed by atoms with van der Waals surface area (Å²) in [6.07, 6.45) is -5.23. The van der Waals surface area contributed by atoms with E-state index in [1.807, 2.05) is 0 Å². The van der Waals surface area contributed by atoms with E-state index in [2.05, 4.69) is 31.9 Å². The van der Waals surface area contributed by atoms with Crippen molar-refractivity contribution >= 4 is 31.9 Å². The van der Waals surface area contributed by atoms with Crippen molar-refractivity contribution < 1.29 is 22.6 Å². The van der Waals surface area contributed by atoms with Gasteiger partial charge in [-0.2, -0.15) is 13.2 Å². The van der Waals surface area contributed by atoms with Crippen molar-refractivity contribution in [1.82, 2.24) is 0 Å². The maximum atomic E-state index is 12.4. The van der Waals surface area contributed by atoms with E-state index in [4.69, 9.17) is 9.47 Å². The number of alkyl halides is 4. The van der Waals surface area contributed by atoms with Gasteiger partial charge < -0.3 is 9.47 Å². The van der Waals surface area contributed by atoms with Crippen molar-refractivity contribution in [3.8, 4) is 11.5 Å². The molecule has 0 bridgehead atoms. The molecule has 7 heteroatoms. The minimum Gasteiger partial charge on any atom is -0.496 e. The van der Waals surface area contributed by atoms with Gasteiger partial charge in [-0.15, -0.1) is 0 Å². The van der Waals surface area contributed by atoms with Crippen LogP contribution in [-0.2, 0) is 0 Å². The highest BCUT2D eigenvalue weighted by Gasteiger charge is 2.33. The van der Waals surface area contributed by atoms with E-state index >= 15 is 0 Å². The van der Waals surface area contributed by atoms with Gasteiger partial charge in [0.1, 0.15) is 11.5 Å². The van der Waals surface area contributed by atoms with Crippen LogP contribution in [0.4, 0.5) is 13.2 Å². The summed E-state index contributed by atoms with van der Waals surface area (Å²) in [5.41, 5.74) is 0.398. The molecule has 0 radical (unpaired) electrons. The zero-order valence-corrected chi connectivity index (χ0v) is 12.8. The van der Waals surface area contributed by atoms with Crippen LogP contribution in [0.1, 0.15) is 16.8 Å². The highest BCUT2D eigenvalue weighted by molar-refractivity contribution is 9.10. The lowest BCUT2D eigenvalue weighted by molar-refractivity contribution is -0.134. The van der Waals surface area contributed by atoms with Gasteiger partial charge in [-0.25, -0.2) is 0 Å². The number of ether oxygens (including phenoxy) is 2. The fourth-order valence-corrected chi connectivity index (χ4v) is 2.65. The third kappa shape index (κ3) is 4.05. The Morgan fingerprint density at radius 1 is 1.17 bits per heavy atom. The van der Waals surface area contributed by atoms with Crippen molar-refractivity contribution in [3.05, 3.63) is 22.2 Å². The summed E-state index contributed by atoms with van der Waals surface area (Å²) in [4.78, 5) is -0.880. The Balaban J connectivity index is 3.13. The third-order valence-corrected chi connectivity index (χ3v) is 3.69. The van der Waals surface area contributed by atoms with Crippen LogP contribution < -0.4 is 9.47 Å². The first-order valence-electron chi connectivity index (χ1n) is 4.90. The van der Waals surface area contributed by atoms with Crippen LogP contribution in [-0.4, -0.2) is 20.4 Å². The largest absolute Gasteiger partial charge is 0.496 e. The highest BCUT2D eigenvalue weighted by Crippen LogP contribution is 2.43. The van der Waals surface area contributed by atoms with E-state index in [0.29, 0.717) is 21.5 Å². The molecule has 0 N–H and O–H groups in total. The first-order chi connectivity index (χ1) is 8.28. The molecule has 1 atom stereocenters. The van der Waals surface area contributed by atoms with Crippen molar-refractivity contribution in [2.24, 2.45) is 0 Å². The second-order valence-corrected chi connectivity index (χ2v) is 5.48. The first kappa shape index (κ1) is 15.6. The minimum absolute atomic E-state index is 0.369. The molecule has 0 heterocycles. The van der Waals surface area contributed by atoms with Gasteiger partial charge in [-0.05, 0) is 28.1 Å². The van der Waals surface area contributed by atoms with Gasteiger partial charge in [0.25, 0.3) is 0 Å². The van der Waals surface area contributed by atoms with Crippen LogP contribution in [0, 0.1) is 0 Å². The maximum absolute atomic E-state index is 12.4. The normalized spacial score (nSPS) is 13.3. The molecule has 0 amide bonds. The SMILES string of the molecule is COc1cc(C(Br)CC(F)(F)F)c(OC)cc1Br. The molecule has 18 heavy (non-hydrogen) atoms. The zero-order chi connectivity index (χ0) is 13.9. The van der Waals surface area contributed by atoms with E-state index in [1.54, 1.807) is 6.07 Å². The van der Waals surface area contributed by atoms with Crippen LogP contribution in [0.5, 0.6) is 11.5 Å². The molecule has 0 saturated carbocycles. The molecule has 0 aromatic heterocycles. The second kappa shape index (κ2) is 6.14. The Morgan fingerprint density at radius 2 is 1.72 bits per heavy atom. The number of rotatable bonds is 4. The Morgan fingerprint density at radius 3 is 2.17 bits per heavy atom.